The largest absolute Gasteiger partial charge is 0.352 e. The number of hydrogen-bond acceptors (Lipinski definition) is 4. The average molecular weight is 508 g/mol. The van der Waals surface area contributed by atoms with Gasteiger partial charge in [0, 0.05) is 17.6 Å². The maximum atomic E-state index is 13.6. The van der Waals surface area contributed by atoms with Crippen molar-refractivity contribution < 1.29 is 18.0 Å². The van der Waals surface area contributed by atoms with Crippen LogP contribution in [0.5, 0.6) is 0 Å². The predicted molar refractivity (Wildman–Crippen MR) is 137 cm³/mol. The summed E-state index contributed by atoms with van der Waals surface area (Å²) in [6, 6.07) is 13.4. The van der Waals surface area contributed by atoms with Gasteiger partial charge in [-0.15, -0.1) is 0 Å². The highest BCUT2D eigenvalue weighted by Crippen LogP contribution is 2.26. The Bertz CT molecular complexity index is 1090. The first-order chi connectivity index (χ1) is 16.0. The molecule has 0 aliphatic carbocycles. The number of carbonyl (C=O) groups excluding carboxylic acids is 2. The predicted octanol–water partition coefficient (Wildman–Crippen LogP) is 4.14. The molecule has 0 spiro atoms. The van der Waals surface area contributed by atoms with Gasteiger partial charge in [0.1, 0.15) is 12.6 Å². The lowest BCUT2D eigenvalue weighted by molar-refractivity contribution is -0.140. The van der Waals surface area contributed by atoms with Crippen LogP contribution in [0.15, 0.2) is 48.5 Å². The molecule has 9 heteroatoms. The Hall–Kier alpha value is -2.58. The number of benzene rings is 2. The average Bonchev–Trinajstić information content (AvgIpc) is 2.77. The minimum absolute atomic E-state index is 0.0422. The minimum Gasteiger partial charge on any atom is -0.352 e. The van der Waals surface area contributed by atoms with Gasteiger partial charge in [0.05, 0.1) is 11.9 Å². The van der Waals surface area contributed by atoms with Crippen LogP contribution in [0.1, 0.15) is 44.7 Å². The first-order valence-electron chi connectivity index (χ1n) is 11.4. The third kappa shape index (κ3) is 7.46. The molecular formula is C25H34ClN3O4S. The highest BCUT2D eigenvalue weighted by molar-refractivity contribution is 7.92. The van der Waals surface area contributed by atoms with E-state index in [0.717, 1.165) is 22.5 Å². The lowest BCUT2D eigenvalue weighted by atomic mass is 10.1. The van der Waals surface area contributed by atoms with Crippen LogP contribution in [0, 0.1) is 6.92 Å². The molecule has 2 aromatic carbocycles. The monoisotopic (exact) mass is 507 g/mol. The topological polar surface area (TPSA) is 86.8 Å². The van der Waals surface area contributed by atoms with Gasteiger partial charge in [-0.05, 0) is 56.0 Å². The van der Waals surface area contributed by atoms with E-state index in [1.807, 2.05) is 51.1 Å². The van der Waals surface area contributed by atoms with Crippen molar-refractivity contribution in [2.75, 3.05) is 17.1 Å². The van der Waals surface area contributed by atoms with E-state index in [1.165, 1.54) is 4.90 Å². The van der Waals surface area contributed by atoms with Gasteiger partial charge < -0.3 is 10.2 Å². The SMILES string of the molecule is CC[C@H](C)NC(=O)[C@H](CC)N(Cc1ccccc1)C(=O)CN(c1ccc(Cl)cc1C)S(C)(=O)=O. The van der Waals surface area contributed by atoms with Crippen LogP contribution < -0.4 is 9.62 Å². The molecule has 0 aliphatic rings. The van der Waals surface area contributed by atoms with Gasteiger partial charge >= 0.3 is 0 Å². The maximum Gasteiger partial charge on any atom is 0.244 e. The molecule has 0 aliphatic heterocycles. The van der Waals surface area contributed by atoms with Crippen LogP contribution in [0.4, 0.5) is 5.69 Å². The summed E-state index contributed by atoms with van der Waals surface area (Å²) in [5.74, 6) is -0.718. The molecule has 34 heavy (non-hydrogen) atoms. The Morgan fingerprint density at radius 1 is 1.06 bits per heavy atom. The van der Waals surface area contributed by atoms with Gasteiger partial charge in [-0.25, -0.2) is 8.42 Å². The molecule has 2 atom stereocenters. The summed E-state index contributed by atoms with van der Waals surface area (Å²) < 4.78 is 26.4. The normalized spacial score (nSPS) is 13.1. The van der Waals surface area contributed by atoms with Crippen molar-refractivity contribution in [2.24, 2.45) is 0 Å². The molecule has 186 valence electrons. The third-order valence-electron chi connectivity index (χ3n) is 5.69. The van der Waals surface area contributed by atoms with Crippen LogP contribution in [-0.4, -0.2) is 50.0 Å². The van der Waals surface area contributed by atoms with Crippen molar-refractivity contribution in [1.29, 1.82) is 0 Å². The number of nitrogens with one attached hydrogen (secondary N) is 1. The Morgan fingerprint density at radius 3 is 2.24 bits per heavy atom. The third-order valence-corrected chi connectivity index (χ3v) is 7.05. The molecule has 0 saturated carbocycles. The van der Waals surface area contributed by atoms with Gasteiger partial charge in [-0.1, -0.05) is 55.8 Å². The van der Waals surface area contributed by atoms with Gasteiger partial charge in [0.25, 0.3) is 0 Å². The molecule has 0 aromatic heterocycles. The second-order valence-electron chi connectivity index (χ2n) is 8.45. The summed E-state index contributed by atoms with van der Waals surface area (Å²) in [4.78, 5) is 28.2. The Balaban J connectivity index is 2.44. The van der Waals surface area contributed by atoms with Crippen molar-refractivity contribution in [3.63, 3.8) is 0 Å². The van der Waals surface area contributed by atoms with Crippen LogP contribution in [0.3, 0.4) is 0 Å². The summed E-state index contributed by atoms with van der Waals surface area (Å²) >= 11 is 6.04. The second kappa shape index (κ2) is 12.2. The minimum atomic E-state index is -3.79. The van der Waals surface area contributed by atoms with E-state index in [9.17, 15) is 18.0 Å². The lowest BCUT2D eigenvalue weighted by Crippen LogP contribution is -2.53. The van der Waals surface area contributed by atoms with Gasteiger partial charge in [-0.2, -0.15) is 0 Å². The first-order valence-corrected chi connectivity index (χ1v) is 13.6. The number of rotatable bonds is 11. The van der Waals surface area contributed by atoms with Crippen molar-refractivity contribution in [3.05, 3.63) is 64.7 Å². The van der Waals surface area contributed by atoms with E-state index in [4.69, 9.17) is 11.6 Å². The number of halogens is 1. The first kappa shape index (κ1) is 27.7. The zero-order valence-corrected chi connectivity index (χ0v) is 22.0. The standard InChI is InChI=1S/C25H34ClN3O4S/c1-6-19(4)27-25(31)22(7-2)28(16-20-11-9-8-10-12-20)24(30)17-29(34(5,32)33)23-14-13-21(26)15-18(23)3/h8-15,19,22H,6-7,16-17H2,1-5H3,(H,27,31)/t19-,22-/m0/s1. The van der Waals surface area contributed by atoms with E-state index in [0.29, 0.717) is 22.7 Å². The number of amides is 2. The highest BCUT2D eigenvalue weighted by Gasteiger charge is 2.32. The molecule has 0 fully saturated rings. The van der Waals surface area contributed by atoms with Crippen LogP contribution in [-0.2, 0) is 26.2 Å². The van der Waals surface area contributed by atoms with Crippen molar-refractivity contribution >= 4 is 39.1 Å². The van der Waals surface area contributed by atoms with Crippen LogP contribution >= 0.6 is 11.6 Å². The lowest BCUT2D eigenvalue weighted by Gasteiger charge is -2.33. The number of nitrogens with zero attached hydrogens (tertiary/aromatic N) is 2. The highest BCUT2D eigenvalue weighted by atomic mass is 35.5. The molecular weight excluding hydrogens is 474 g/mol. The van der Waals surface area contributed by atoms with E-state index in [-0.39, 0.29) is 18.5 Å². The van der Waals surface area contributed by atoms with E-state index < -0.39 is 28.5 Å². The maximum absolute atomic E-state index is 13.6. The van der Waals surface area contributed by atoms with Gasteiger partial charge in [-0.3, -0.25) is 13.9 Å². The fourth-order valence-corrected chi connectivity index (χ4v) is 4.77. The Kier molecular flexibility index (Phi) is 9.94. The van der Waals surface area contributed by atoms with E-state index in [1.54, 1.807) is 25.1 Å². The molecule has 0 radical (unpaired) electrons. The molecule has 0 saturated heterocycles. The molecule has 0 heterocycles. The zero-order chi connectivity index (χ0) is 25.5. The number of aryl methyl sites for hydroxylation is 1. The molecule has 0 unspecified atom stereocenters. The molecule has 2 rings (SSSR count). The van der Waals surface area contributed by atoms with Crippen LogP contribution in [0.25, 0.3) is 0 Å². The number of carbonyl (C=O) groups is 2. The molecule has 0 bridgehead atoms. The smallest absolute Gasteiger partial charge is 0.244 e. The van der Waals surface area contributed by atoms with Gasteiger partial charge in [0.15, 0.2) is 0 Å². The zero-order valence-electron chi connectivity index (χ0n) is 20.4. The summed E-state index contributed by atoms with van der Waals surface area (Å²) in [5.41, 5.74) is 1.85. The molecule has 2 aromatic rings. The van der Waals surface area contributed by atoms with Gasteiger partial charge in [0.2, 0.25) is 21.8 Å². The van der Waals surface area contributed by atoms with Crippen molar-refractivity contribution in [1.82, 2.24) is 10.2 Å². The van der Waals surface area contributed by atoms with E-state index >= 15 is 0 Å². The summed E-state index contributed by atoms with van der Waals surface area (Å²) in [5, 5.41) is 3.42. The number of anilines is 1. The fourth-order valence-electron chi connectivity index (χ4n) is 3.63. The Morgan fingerprint density at radius 2 is 1.71 bits per heavy atom. The van der Waals surface area contributed by atoms with E-state index in [2.05, 4.69) is 5.32 Å². The Labute approximate surface area is 208 Å². The summed E-state index contributed by atoms with van der Waals surface area (Å²) in [6.07, 6.45) is 2.20. The van der Waals surface area contributed by atoms with Crippen molar-refractivity contribution in [3.8, 4) is 0 Å². The number of hydrogen-bond donors (Lipinski definition) is 1. The summed E-state index contributed by atoms with van der Waals surface area (Å²) in [6.45, 7) is 7.20. The molecule has 1 N–H and O–H groups in total. The van der Waals surface area contributed by atoms with Crippen molar-refractivity contribution in [2.45, 2.75) is 59.2 Å². The quantitative estimate of drug-likeness (QED) is 0.495. The number of sulfonamides is 1. The summed E-state index contributed by atoms with van der Waals surface area (Å²) in [7, 11) is -3.79. The molecule has 2 amide bonds. The fraction of sp³-hybridized carbons (Fsp3) is 0.440. The molecule has 7 nitrogen and oxygen atoms in total. The van der Waals surface area contributed by atoms with Crippen LogP contribution in [0.2, 0.25) is 5.02 Å². The second-order valence-corrected chi connectivity index (χ2v) is 10.8.